The van der Waals surface area contributed by atoms with Crippen LogP contribution in [0.5, 0.6) is 0 Å². The second-order valence-electron chi connectivity index (χ2n) is 4.13. The Labute approximate surface area is 127 Å². The summed E-state index contributed by atoms with van der Waals surface area (Å²) in [6.45, 7) is 1.94. The van der Waals surface area contributed by atoms with E-state index >= 15 is 0 Å². The number of hydrogen-bond donors (Lipinski definition) is 2. The highest BCUT2D eigenvalue weighted by molar-refractivity contribution is 7.89. The van der Waals surface area contributed by atoms with Gasteiger partial charge >= 0.3 is 0 Å². The van der Waals surface area contributed by atoms with E-state index in [9.17, 15) is 8.42 Å². The van der Waals surface area contributed by atoms with Crippen LogP contribution >= 0.6 is 11.3 Å². The molecule has 0 aliphatic carbocycles. The molecule has 2 rings (SSSR count). The summed E-state index contributed by atoms with van der Waals surface area (Å²) in [5, 5.41) is 2.50. The zero-order valence-corrected chi connectivity index (χ0v) is 12.9. The number of thiazole rings is 1. The summed E-state index contributed by atoms with van der Waals surface area (Å²) in [5.41, 5.74) is 5.79. The number of rotatable bonds is 4. The molecule has 1 unspecified atom stereocenters. The van der Waals surface area contributed by atoms with Gasteiger partial charge in [-0.05, 0) is 13.0 Å². The van der Waals surface area contributed by atoms with Gasteiger partial charge < -0.3 is 5.73 Å². The van der Waals surface area contributed by atoms with E-state index in [1.807, 2.05) is 0 Å². The van der Waals surface area contributed by atoms with Crippen LogP contribution in [0.1, 0.15) is 23.5 Å². The average Bonchev–Trinajstić information content (AvgIpc) is 2.99. The maximum atomic E-state index is 12.3. The van der Waals surface area contributed by atoms with Crippen molar-refractivity contribution >= 4 is 21.4 Å². The number of pyridine rings is 1. The fourth-order valence-corrected chi connectivity index (χ4v) is 3.50. The summed E-state index contributed by atoms with van der Waals surface area (Å²) in [7, 11) is -3.68. The molecule has 110 valence electrons. The van der Waals surface area contributed by atoms with Gasteiger partial charge in [0.15, 0.2) is 0 Å². The standard InChI is InChI=1S/C13H14N4O2S2/c1-10(13-16-5-6-20-13)17-21(18,19)12-7-11(3-2-4-14)8-15-9-12/h5-10,17H,4,14H2,1H3. The molecule has 0 saturated carbocycles. The Kier molecular flexibility index (Phi) is 5.03. The molecular formula is C13H14N4O2S2. The van der Waals surface area contributed by atoms with Crippen LogP contribution in [0, 0.1) is 11.8 Å². The topological polar surface area (TPSA) is 98.0 Å². The molecule has 0 bridgehead atoms. The zero-order valence-electron chi connectivity index (χ0n) is 11.3. The first kappa shape index (κ1) is 15.6. The number of sulfonamides is 1. The lowest BCUT2D eigenvalue weighted by Gasteiger charge is -2.11. The summed E-state index contributed by atoms with van der Waals surface area (Å²) < 4.78 is 27.2. The molecule has 2 aromatic heterocycles. The van der Waals surface area contributed by atoms with Gasteiger partial charge in [0.25, 0.3) is 0 Å². The van der Waals surface area contributed by atoms with Crippen molar-refractivity contribution in [3.8, 4) is 11.8 Å². The minimum atomic E-state index is -3.68. The van der Waals surface area contributed by atoms with Crippen LogP contribution in [0.3, 0.4) is 0 Å². The molecule has 0 amide bonds. The minimum Gasteiger partial charge on any atom is -0.320 e. The molecule has 0 radical (unpaired) electrons. The molecule has 1 atom stereocenters. The van der Waals surface area contributed by atoms with E-state index in [0.29, 0.717) is 10.6 Å². The molecule has 8 heteroatoms. The molecule has 0 spiro atoms. The van der Waals surface area contributed by atoms with Crippen molar-refractivity contribution in [1.29, 1.82) is 0 Å². The molecule has 0 aliphatic heterocycles. The van der Waals surface area contributed by atoms with E-state index in [0.717, 1.165) is 0 Å². The number of nitrogens with zero attached hydrogens (tertiary/aromatic N) is 2. The van der Waals surface area contributed by atoms with Gasteiger partial charge in [-0.3, -0.25) is 4.98 Å². The van der Waals surface area contributed by atoms with E-state index in [1.165, 1.54) is 29.8 Å². The predicted molar refractivity (Wildman–Crippen MR) is 81.0 cm³/mol. The lowest BCUT2D eigenvalue weighted by atomic mass is 10.3. The third-order valence-electron chi connectivity index (χ3n) is 2.51. The lowest BCUT2D eigenvalue weighted by Crippen LogP contribution is -2.27. The molecule has 3 N–H and O–H groups in total. The number of nitrogens with one attached hydrogen (secondary N) is 1. The maximum Gasteiger partial charge on any atom is 0.242 e. The molecule has 0 saturated heterocycles. The van der Waals surface area contributed by atoms with Gasteiger partial charge in [-0.2, -0.15) is 0 Å². The van der Waals surface area contributed by atoms with Gasteiger partial charge in [-0.15, -0.1) is 11.3 Å². The first-order valence-electron chi connectivity index (χ1n) is 6.08. The van der Waals surface area contributed by atoms with Crippen LogP contribution in [-0.2, 0) is 10.0 Å². The number of hydrogen-bond acceptors (Lipinski definition) is 6. The van der Waals surface area contributed by atoms with Crippen LogP contribution < -0.4 is 10.5 Å². The number of nitrogens with two attached hydrogens (primary N) is 1. The molecular weight excluding hydrogens is 308 g/mol. The second kappa shape index (κ2) is 6.78. The summed E-state index contributed by atoms with van der Waals surface area (Å²) in [6.07, 6.45) is 4.41. The lowest BCUT2D eigenvalue weighted by molar-refractivity contribution is 0.566. The van der Waals surface area contributed by atoms with E-state index < -0.39 is 16.1 Å². The van der Waals surface area contributed by atoms with Gasteiger partial charge in [-0.25, -0.2) is 18.1 Å². The Bertz CT molecular complexity index is 761. The molecule has 21 heavy (non-hydrogen) atoms. The van der Waals surface area contributed by atoms with E-state index in [4.69, 9.17) is 5.73 Å². The highest BCUT2D eigenvalue weighted by Gasteiger charge is 2.20. The monoisotopic (exact) mass is 322 g/mol. The average molecular weight is 322 g/mol. The molecule has 0 fully saturated rings. The summed E-state index contributed by atoms with van der Waals surface area (Å²) in [5.74, 6) is 5.42. The van der Waals surface area contributed by atoms with E-state index in [2.05, 4.69) is 26.5 Å². The zero-order chi connectivity index (χ0) is 15.3. The van der Waals surface area contributed by atoms with Crippen LogP contribution in [0.4, 0.5) is 0 Å². The first-order valence-corrected chi connectivity index (χ1v) is 8.45. The van der Waals surface area contributed by atoms with Gasteiger partial charge in [0.05, 0.1) is 12.6 Å². The fraction of sp³-hybridized carbons (Fsp3) is 0.231. The third kappa shape index (κ3) is 4.09. The molecule has 0 aromatic carbocycles. The van der Waals surface area contributed by atoms with Crippen LogP contribution in [-0.4, -0.2) is 24.9 Å². The van der Waals surface area contributed by atoms with E-state index in [1.54, 1.807) is 18.5 Å². The van der Waals surface area contributed by atoms with Gasteiger partial charge in [-0.1, -0.05) is 11.8 Å². The SMILES string of the molecule is CC(NS(=O)(=O)c1cncc(C#CCN)c1)c1nccs1. The first-order chi connectivity index (χ1) is 10.0. The van der Waals surface area contributed by atoms with Crippen LogP contribution in [0.2, 0.25) is 0 Å². The fourth-order valence-electron chi connectivity index (χ4n) is 1.59. The normalized spacial score (nSPS) is 12.5. The Balaban J connectivity index is 2.23. The van der Waals surface area contributed by atoms with Crippen molar-refractivity contribution < 1.29 is 8.42 Å². The van der Waals surface area contributed by atoms with Gasteiger partial charge in [0, 0.05) is 29.5 Å². The molecule has 6 nitrogen and oxygen atoms in total. The van der Waals surface area contributed by atoms with Crippen LogP contribution in [0.15, 0.2) is 34.9 Å². The Morgan fingerprint density at radius 1 is 1.48 bits per heavy atom. The second-order valence-corrected chi connectivity index (χ2v) is 6.77. The summed E-state index contributed by atoms with van der Waals surface area (Å²) >= 11 is 1.39. The minimum absolute atomic E-state index is 0.0646. The summed E-state index contributed by atoms with van der Waals surface area (Å²) in [4.78, 5) is 8.05. The van der Waals surface area contributed by atoms with Crippen molar-refractivity contribution in [2.24, 2.45) is 5.73 Å². The quantitative estimate of drug-likeness (QED) is 0.815. The Hall–Kier alpha value is -1.79. The van der Waals surface area contributed by atoms with Crippen molar-refractivity contribution in [1.82, 2.24) is 14.7 Å². The van der Waals surface area contributed by atoms with Gasteiger partial charge in [0.2, 0.25) is 10.0 Å². The van der Waals surface area contributed by atoms with E-state index in [-0.39, 0.29) is 11.4 Å². The largest absolute Gasteiger partial charge is 0.320 e. The molecule has 2 heterocycles. The Morgan fingerprint density at radius 3 is 2.95 bits per heavy atom. The maximum absolute atomic E-state index is 12.3. The van der Waals surface area contributed by atoms with Crippen molar-refractivity contribution in [2.75, 3.05) is 6.54 Å². The Morgan fingerprint density at radius 2 is 2.29 bits per heavy atom. The highest BCUT2D eigenvalue weighted by Crippen LogP contribution is 2.18. The third-order valence-corrected chi connectivity index (χ3v) is 4.98. The van der Waals surface area contributed by atoms with Gasteiger partial charge in [0.1, 0.15) is 9.90 Å². The van der Waals surface area contributed by atoms with Crippen molar-refractivity contribution in [3.63, 3.8) is 0 Å². The number of aromatic nitrogens is 2. The predicted octanol–water partition coefficient (Wildman–Crippen LogP) is 0.888. The summed E-state index contributed by atoms with van der Waals surface area (Å²) in [6, 6.07) is 1.06. The van der Waals surface area contributed by atoms with Crippen molar-refractivity contribution in [2.45, 2.75) is 17.9 Å². The van der Waals surface area contributed by atoms with Crippen molar-refractivity contribution in [3.05, 3.63) is 40.6 Å². The smallest absolute Gasteiger partial charge is 0.242 e. The van der Waals surface area contributed by atoms with Crippen LogP contribution in [0.25, 0.3) is 0 Å². The molecule has 2 aromatic rings. The molecule has 0 aliphatic rings. The highest BCUT2D eigenvalue weighted by atomic mass is 32.2.